The first-order valence-corrected chi connectivity index (χ1v) is 6.45. The largest absolute Gasteiger partial charge is 0.353 e. The van der Waals surface area contributed by atoms with Gasteiger partial charge in [-0.05, 0) is 20.8 Å². The lowest BCUT2D eigenvalue weighted by molar-refractivity contribution is -0.142. The topological polar surface area (TPSA) is 33.7 Å². The second-order valence-electron chi connectivity index (χ2n) is 4.22. The van der Waals surface area contributed by atoms with E-state index >= 15 is 0 Å². The fraction of sp³-hybridized carbons (Fsp3) is 1.00. The summed E-state index contributed by atoms with van der Waals surface area (Å²) in [6, 6.07) is 0.623. The van der Waals surface area contributed by atoms with Crippen LogP contribution in [0.25, 0.3) is 0 Å². The summed E-state index contributed by atoms with van der Waals surface area (Å²) in [5.74, 6) is 0. The predicted octanol–water partition coefficient (Wildman–Crippen LogP) is 1.07. The molecule has 0 spiro atoms. The van der Waals surface area contributed by atoms with Crippen LogP contribution in [-0.2, 0) is 9.47 Å². The molecular weight excluding hydrogens is 204 g/mol. The molecule has 16 heavy (non-hydrogen) atoms. The molecule has 4 heteroatoms. The Labute approximate surface area is 99.3 Å². The Morgan fingerprint density at radius 2 is 2.00 bits per heavy atom. The van der Waals surface area contributed by atoms with Gasteiger partial charge in [0.1, 0.15) is 0 Å². The van der Waals surface area contributed by atoms with E-state index in [0.29, 0.717) is 6.04 Å². The van der Waals surface area contributed by atoms with Crippen LogP contribution in [-0.4, -0.2) is 56.6 Å². The molecule has 1 rings (SSSR count). The fourth-order valence-corrected chi connectivity index (χ4v) is 2.07. The van der Waals surface area contributed by atoms with E-state index in [0.717, 1.165) is 45.8 Å². The number of nitrogens with zero attached hydrogens (tertiary/aromatic N) is 1. The minimum absolute atomic E-state index is 0.0305. The van der Waals surface area contributed by atoms with Crippen LogP contribution >= 0.6 is 0 Å². The summed E-state index contributed by atoms with van der Waals surface area (Å²) in [7, 11) is 0. The maximum absolute atomic E-state index is 5.54. The van der Waals surface area contributed by atoms with Gasteiger partial charge in [0.15, 0.2) is 6.29 Å². The van der Waals surface area contributed by atoms with Gasteiger partial charge in [0.05, 0.1) is 0 Å². The van der Waals surface area contributed by atoms with Crippen LogP contribution in [0.5, 0.6) is 0 Å². The van der Waals surface area contributed by atoms with Gasteiger partial charge in [0.2, 0.25) is 0 Å². The van der Waals surface area contributed by atoms with Gasteiger partial charge >= 0.3 is 0 Å². The summed E-state index contributed by atoms with van der Waals surface area (Å²) in [6.45, 7) is 12.1. The highest BCUT2D eigenvalue weighted by atomic mass is 16.7. The van der Waals surface area contributed by atoms with Crippen LogP contribution in [0, 0.1) is 0 Å². The summed E-state index contributed by atoms with van der Waals surface area (Å²) >= 11 is 0. The average Bonchev–Trinajstić information content (AvgIpc) is 2.28. The predicted molar refractivity (Wildman–Crippen MR) is 65.6 cm³/mol. The van der Waals surface area contributed by atoms with Crippen LogP contribution in [0.4, 0.5) is 0 Å². The van der Waals surface area contributed by atoms with Crippen LogP contribution in [0.1, 0.15) is 27.2 Å². The molecule has 4 nitrogen and oxygen atoms in total. The number of hydrogen-bond donors (Lipinski definition) is 1. The van der Waals surface area contributed by atoms with Crippen molar-refractivity contribution in [3.05, 3.63) is 0 Å². The molecule has 1 unspecified atom stereocenters. The molecule has 1 N–H and O–H groups in total. The number of piperazine rings is 1. The summed E-state index contributed by atoms with van der Waals surface area (Å²) < 4.78 is 11.1. The van der Waals surface area contributed by atoms with Gasteiger partial charge in [-0.25, -0.2) is 0 Å². The average molecular weight is 230 g/mol. The van der Waals surface area contributed by atoms with E-state index in [9.17, 15) is 0 Å². The van der Waals surface area contributed by atoms with E-state index in [-0.39, 0.29) is 6.29 Å². The standard InChI is InChI=1S/C12H26N2O2/c1-4-15-12(16-5-2)6-8-14-9-7-13-10-11(14)3/h11-13H,4-10H2,1-3H3. The first kappa shape index (κ1) is 13.9. The molecule has 1 fully saturated rings. The van der Waals surface area contributed by atoms with E-state index in [1.165, 1.54) is 0 Å². The van der Waals surface area contributed by atoms with Crippen molar-refractivity contribution in [2.45, 2.75) is 39.5 Å². The van der Waals surface area contributed by atoms with E-state index in [1.54, 1.807) is 0 Å². The monoisotopic (exact) mass is 230 g/mol. The molecule has 0 saturated carbocycles. The Morgan fingerprint density at radius 3 is 2.56 bits per heavy atom. The number of hydrogen-bond acceptors (Lipinski definition) is 4. The molecular formula is C12H26N2O2. The molecule has 0 radical (unpaired) electrons. The van der Waals surface area contributed by atoms with Gasteiger partial charge in [0, 0.05) is 51.9 Å². The Balaban J connectivity index is 2.23. The normalized spacial score (nSPS) is 22.9. The first-order valence-electron chi connectivity index (χ1n) is 6.45. The molecule has 1 heterocycles. The van der Waals surface area contributed by atoms with Gasteiger partial charge < -0.3 is 14.8 Å². The van der Waals surface area contributed by atoms with Crippen LogP contribution in [0.15, 0.2) is 0 Å². The smallest absolute Gasteiger partial charge is 0.158 e. The number of rotatable bonds is 7. The van der Waals surface area contributed by atoms with Gasteiger partial charge in [-0.2, -0.15) is 0 Å². The lowest BCUT2D eigenvalue weighted by Gasteiger charge is -2.34. The molecule has 1 aliphatic rings. The Morgan fingerprint density at radius 1 is 1.31 bits per heavy atom. The summed E-state index contributed by atoms with van der Waals surface area (Å²) in [5.41, 5.74) is 0. The van der Waals surface area contributed by atoms with Crippen molar-refractivity contribution in [1.82, 2.24) is 10.2 Å². The van der Waals surface area contributed by atoms with E-state index < -0.39 is 0 Å². The summed E-state index contributed by atoms with van der Waals surface area (Å²) in [5, 5.41) is 3.40. The van der Waals surface area contributed by atoms with Crippen LogP contribution in [0.2, 0.25) is 0 Å². The van der Waals surface area contributed by atoms with E-state index in [1.807, 2.05) is 13.8 Å². The summed E-state index contributed by atoms with van der Waals surface area (Å²) in [6.07, 6.45) is 0.934. The molecule has 0 aliphatic carbocycles. The zero-order valence-electron chi connectivity index (χ0n) is 10.9. The van der Waals surface area contributed by atoms with Gasteiger partial charge in [-0.3, -0.25) is 4.90 Å². The SMILES string of the molecule is CCOC(CCN1CCNCC1C)OCC. The van der Waals surface area contributed by atoms with Crippen molar-refractivity contribution in [3.63, 3.8) is 0 Å². The molecule has 0 aromatic heterocycles. The second kappa shape index (κ2) is 8.01. The highest BCUT2D eigenvalue weighted by Crippen LogP contribution is 2.07. The Kier molecular flexibility index (Phi) is 6.96. The summed E-state index contributed by atoms with van der Waals surface area (Å²) in [4.78, 5) is 2.50. The zero-order chi connectivity index (χ0) is 11.8. The van der Waals surface area contributed by atoms with Gasteiger partial charge in [-0.15, -0.1) is 0 Å². The van der Waals surface area contributed by atoms with Crippen molar-refractivity contribution < 1.29 is 9.47 Å². The lowest BCUT2D eigenvalue weighted by atomic mass is 10.2. The van der Waals surface area contributed by atoms with Crippen LogP contribution < -0.4 is 5.32 Å². The van der Waals surface area contributed by atoms with Crippen molar-refractivity contribution in [1.29, 1.82) is 0 Å². The first-order chi connectivity index (χ1) is 7.77. The second-order valence-corrected chi connectivity index (χ2v) is 4.22. The Bertz CT molecular complexity index is 172. The third-order valence-corrected chi connectivity index (χ3v) is 3.00. The zero-order valence-corrected chi connectivity index (χ0v) is 10.9. The maximum Gasteiger partial charge on any atom is 0.158 e. The minimum atomic E-state index is -0.0305. The molecule has 0 aromatic carbocycles. The van der Waals surface area contributed by atoms with E-state index in [4.69, 9.17) is 9.47 Å². The number of nitrogens with one attached hydrogen (secondary N) is 1. The molecule has 1 aliphatic heterocycles. The molecule has 0 amide bonds. The molecule has 1 saturated heterocycles. The third-order valence-electron chi connectivity index (χ3n) is 3.00. The van der Waals surface area contributed by atoms with Crippen molar-refractivity contribution >= 4 is 0 Å². The Hall–Kier alpha value is -0.160. The van der Waals surface area contributed by atoms with Crippen molar-refractivity contribution in [3.8, 4) is 0 Å². The molecule has 1 atom stereocenters. The highest BCUT2D eigenvalue weighted by Gasteiger charge is 2.19. The molecule has 0 aromatic rings. The van der Waals surface area contributed by atoms with Crippen LogP contribution in [0.3, 0.4) is 0 Å². The van der Waals surface area contributed by atoms with E-state index in [2.05, 4.69) is 17.1 Å². The third kappa shape index (κ3) is 4.78. The maximum atomic E-state index is 5.54. The van der Waals surface area contributed by atoms with Gasteiger partial charge in [0.25, 0.3) is 0 Å². The van der Waals surface area contributed by atoms with Crippen molar-refractivity contribution in [2.75, 3.05) is 39.4 Å². The fourth-order valence-electron chi connectivity index (χ4n) is 2.07. The molecule has 96 valence electrons. The lowest BCUT2D eigenvalue weighted by Crippen LogP contribution is -2.50. The highest BCUT2D eigenvalue weighted by molar-refractivity contribution is 4.75. The van der Waals surface area contributed by atoms with Crippen molar-refractivity contribution in [2.24, 2.45) is 0 Å². The number of ether oxygens (including phenoxy) is 2. The van der Waals surface area contributed by atoms with Gasteiger partial charge in [-0.1, -0.05) is 0 Å². The minimum Gasteiger partial charge on any atom is -0.353 e. The molecule has 0 bridgehead atoms. The quantitative estimate of drug-likeness (QED) is 0.663.